The van der Waals surface area contributed by atoms with E-state index in [1.807, 2.05) is 98.8 Å². The largest absolute Gasteiger partial charge is 0.483 e. The van der Waals surface area contributed by atoms with Gasteiger partial charge in [0.15, 0.2) is 6.61 Å². The lowest BCUT2D eigenvalue weighted by atomic mass is 10.0. The van der Waals surface area contributed by atoms with E-state index >= 15 is 0 Å². The van der Waals surface area contributed by atoms with E-state index in [1.165, 1.54) is 0 Å². The van der Waals surface area contributed by atoms with Crippen molar-refractivity contribution in [2.75, 3.05) is 6.61 Å². The first-order valence-corrected chi connectivity index (χ1v) is 13.3. The zero-order valence-electron chi connectivity index (χ0n) is 21.8. The van der Waals surface area contributed by atoms with E-state index in [4.69, 9.17) is 16.3 Å². The average molecular weight is 529 g/mol. The van der Waals surface area contributed by atoms with Gasteiger partial charge in [0, 0.05) is 29.4 Å². The fourth-order valence-electron chi connectivity index (χ4n) is 4.33. The van der Waals surface area contributed by atoms with Gasteiger partial charge in [0.1, 0.15) is 11.8 Å². The van der Waals surface area contributed by atoms with Crippen LogP contribution in [-0.4, -0.2) is 35.4 Å². The number of benzene rings is 4. The predicted molar refractivity (Wildman–Crippen MR) is 153 cm³/mol. The highest BCUT2D eigenvalue weighted by atomic mass is 35.5. The fourth-order valence-corrected chi connectivity index (χ4v) is 4.45. The first-order valence-electron chi connectivity index (χ1n) is 12.9. The van der Waals surface area contributed by atoms with Crippen molar-refractivity contribution in [3.05, 3.63) is 113 Å². The van der Waals surface area contributed by atoms with Crippen LogP contribution in [0.3, 0.4) is 0 Å². The molecule has 1 N–H and O–H groups in total. The van der Waals surface area contributed by atoms with Crippen LogP contribution in [0.25, 0.3) is 10.8 Å². The van der Waals surface area contributed by atoms with Gasteiger partial charge in [-0.15, -0.1) is 0 Å². The van der Waals surface area contributed by atoms with Crippen LogP contribution in [0, 0.1) is 0 Å². The minimum absolute atomic E-state index is 0.0137. The molecule has 5 nitrogen and oxygen atoms in total. The van der Waals surface area contributed by atoms with Gasteiger partial charge in [-0.05, 0) is 48.1 Å². The molecule has 0 aliphatic heterocycles. The third-order valence-corrected chi connectivity index (χ3v) is 6.89. The van der Waals surface area contributed by atoms with E-state index in [0.29, 0.717) is 17.2 Å². The second-order valence-electron chi connectivity index (χ2n) is 9.44. The molecule has 0 aliphatic rings. The molecule has 0 bridgehead atoms. The van der Waals surface area contributed by atoms with Gasteiger partial charge in [0.25, 0.3) is 5.91 Å². The molecule has 0 spiro atoms. The van der Waals surface area contributed by atoms with Gasteiger partial charge in [-0.2, -0.15) is 0 Å². The average Bonchev–Trinajstić information content (AvgIpc) is 2.95. The summed E-state index contributed by atoms with van der Waals surface area (Å²) in [4.78, 5) is 29.0. The van der Waals surface area contributed by atoms with Crippen LogP contribution in [0.2, 0.25) is 5.02 Å². The van der Waals surface area contributed by atoms with Gasteiger partial charge in [0.2, 0.25) is 5.91 Å². The van der Waals surface area contributed by atoms with E-state index in [9.17, 15) is 9.59 Å². The normalized spacial score (nSPS) is 12.5. The summed E-state index contributed by atoms with van der Waals surface area (Å²) in [5.74, 6) is 0.176. The lowest BCUT2D eigenvalue weighted by Crippen LogP contribution is -2.53. The Morgan fingerprint density at radius 3 is 2.29 bits per heavy atom. The topological polar surface area (TPSA) is 58.6 Å². The SMILES string of the molecule is CC[C@H](C)NC(=O)[C@H](Cc1ccccc1)N(Cc1ccc(Cl)cc1)C(=O)COc1cccc2ccccc12. The Morgan fingerprint density at radius 1 is 0.868 bits per heavy atom. The molecule has 0 unspecified atom stereocenters. The summed E-state index contributed by atoms with van der Waals surface area (Å²) in [6.07, 6.45) is 1.18. The number of carbonyl (C=O) groups excluding carboxylic acids is 2. The molecule has 2 amide bonds. The van der Waals surface area contributed by atoms with Crippen molar-refractivity contribution < 1.29 is 14.3 Å². The highest BCUT2D eigenvalue weighted by Crippen LogP contribution is 2.25. The number of nitrogens with one attached hydrogen (secondary N) is 1. The molecule has 0 radical (unpaired) electrons. The maximum atomic E-state index is 13.8. The lowest BCUT2D eigenvalue weighted by molar-refractivity contribution is -0.143. The number of rotatable bonds is 11. The van der Waals surface area contributed by atoms with E-state index in [0.717, 1.165) is 28.3 Å². The number of nitrogens with zero attached hydrogens (tertiary/aromatic N) is 1. The highest BCUT2D eigenvalue weighted by molar-refractivity contribution is 6.30. The standard InChI is InChI=1S/C32H33ClN2O3/c1-3-23(2)34-32(37)29(20-24-10-5-4-6-11-24)35(21-25-16-18-27(33)19-17-25)31(36)22-38-30-15-9-13-26-12-7-8-14-28(26)30/h4-19,23,29H,3,20-22H2,1-2H3,(H,34,37)/t23-,29-/m0/s1. The molecule has 0 fully saturated rings. The summed E-state index contributed by atoms with van der Waals surface area (Å²) in [7, 11) is 0. The van der Waals surface area contributed by atoms with Crippen molar-refractivity contribution in [2.45, 2.75) is 45.3 Å². The zero-order chi connectivity index (χ0) is 26.9. The van der Waals surface area contributed by atoms with E-state index < -0.39 is 6.04 Å². The quantitative estimate of drug-likeness (QED) is 0.244. The third kappa shape index (κ3) is 7.14. The number of fused-ring (bicyclic) bond motifs is 1. The van der Waals surface area contributed by atoms with Crippen molar-refractivity contribution in [1.29, 1.82) is 0 Å². The molecule has 4 rings (SSSR count). The Hall–Kier alpha value is -3.83. The molecule has 4 aromatic rings. The Labute approximate surface area is 229 Å². The molecular weight excluding hydrogens is 496 g/mol. The van der Waals surface area contributed by atoms with E-state index in [-0.39, 0.29) is 31.0 Å². The lowest BCUT2D eigenvalue weighted by Gasteiger charge is -2.32. The zero-order valence-corrected chi connectivity index (χ0v) is 22.5. The van der Waals surface area contributed by atoms with E-state index in [2.05, 4.69) is 5.32 Å². The van der Waals surface area contributed by atoms with Gasteiger partial charge in [-0.3, -0.25) is 9.59 Å². The van der Waals surface area contributed by atoms with Crippen molar-refractivity contribution in [1.82, 2.24) is 10.2 Å². The molecule has 0 saturated heterocycles. The van der Waals surface area contributed by atoms with Crippen LogP contribution in [0.1, 0.15) is 31.4 Å². The number of carbonyl (C=O) groups is 2. The minimum Gasteiger partial charge on any atom is -0.483 e. The second-order valence-corrected chi connectivity index (χ2v) is 9.87. The number of amides is 2. The molecule has 196 valence electrons. The Morgan fingerprint density at radius 2 is 1.55 bits per heavy atom. The summed E-state index contributed by atoms with van der Waals surface area (Å²) in [6.45, 7) is 4.04. The summed E-state index contributed by atoms with van der Waals surface area (Å²) in [5.41, 5.74) is 1.85. The summed E-state index contributed by atoms with van der Waals surface area (Å²) in [5, 5.41) is 5.66. The van der Waals surface area contributed by atoms with Gasteiger partial charge in [0.05, 0.1) is 0 Å². The van der Waals surface area contributed by atoms with Crippen molar-refractivity contribution in [3.63, 3.8) is 0 Å². The summed E-state index contributed by atoms with van der Waals surface area (Å²) < 4.78 is 6.06. The monoisotopic (exact) mass is 528 g/mol. The summed E-state index contributed by atoms with van der Waals surface area (Å²) in [6, 6.07) is 30.0. The molecule has 0 heterocycles. The minimum atomic E-state index is -0.717. The van der Waals surface area contributed by atoms with Gasteiger partial charge < -0.3 is 15.0 Å². The number of halogens is 1. The predicted octanol–water partition coefficient (Wildman–Crippen LogP) is 6.43. The van der Waals surface area contributed by atoms with Crippen molar-refractivity contribution >= 4 is 34.2 Å². The van der Waals surface area contributed by atoms with Crippen LogP contribution in [0.5, 0.6) is 5.75 Å². The Balaban J connectivity index is 1.64. The molecule has 4 aromatic carbocycles. The number of hydrogen-bond donors (Lipinski definition) is 1. The molecule has 0 aliphatic carbocycles. The van der Waals surface area contributed by atoms with Crippen LogP contribution in [-0.2, 0) is 22.6 Å². The fraction of sp³-hybridized carbons (Fsp3) is 0.250. The second kappa shape index (κ2) is 13.1. The Kier molecular flexibility index (Phi) is 9.39. The van der Waals surface area contributed by atoms with Crippen molar-refractivity contribution in [3.8, 4) is 5.75 Å². The highest BCUT2D eigenvalue weighted by Gasteiger charge is 2.31. The smallest absolute Gasteiger partial charge is 0.261 e. The summed E-state index contributed by atoms with van der Waals surface area (Å²) >= 11 is 6.10. The number of ether oxygens (including phenoxy) is 1. The molecule has 0 aromatic heterocycles. The molecular formula is C32H33ClN2O3. The first-order chi connectivity index (χ1) is 18.4. The third-order valence-electron chi connectivity index (χ3n) is 6.64. The van der Waals surface area contributed by atoms with Crippen LogP contribution in [0.15, 0.2) is 97.1 Å². The maximum Gasteiger partial charge on any atom is 0.261 e. The molecule has 2 atom stereocenters. The molecule has 6 heteroatoms. The van der Waals surface area contributed by atoms with Crippen LogP contribution < -0.4 is 10.1 Å². The molecule has 38 heavy (non-hydrogen) atoms. The van der Waals surface area contributed by atoms with Crippen LogP contribution in [0.4, 0.5) is 0 Å². The maximum absolute atomic E-state index is 13.8. The van der Waals surface area contributed by atoms with Gasteiger partial charge in [-0.1, -0.05) is 97.4 Å². The Bertz CT molecular complexity index is 1350. The first kappa shape index (κ1) is 27.2. The van der Waals surface area contributed by atoms with Gasteiger partial charge in [-0.25, -0.2) is 0 Å². The van der Waals surface area contributed by atoms with Gasteiger partial charge >= 0.3 is 0 Å². The van der Waals surface area contributed by atoms with Crippen molar-refractivity contribution in [2.24, 2.45) is 0 Å². The molecule has 0 saturated carbocycles. The van der Waals surface area contributed by atoms with Crippen LogP contribution >= 0.6 is 11.6 Å². The van der Waals surface area contributed by atoms with E-state index in [1.54, 1.807) is 17.0 Å². The number of hydrogen-bond acceptors (Lipinski definition) is 3.